The van der Waals surface area contributed by atoms with Crippen LogP contribution in [0.1, 0.15) is 35.2 Å². The fourth-order valence-electron chi connectivity index (χ4n) is 2.91. The summed E-state index contributed by atoms with van der Waals surface area (Å²) in [6.07, 6.45) is 1.12. The van der Waals surface area contributed by atoms with Crippen molar-refractivity contribution in [2.24, 2.45) is 0 Å². The molecule has 0 saturated heterocycles. The van der Waals surface area contributed by atoms with E-state index in [1.165, 1.54) is 4.31 Å². The van der Waals surface area contributed by atoms with Crippen molar-refractivity contribution in [3.8, 4) is 0 Å². The van der Waals surface area contributed by atoms with Crippen molar-refractivity contribution in [2.75, 3.05) is 12.8 Å². The molecule has 1 amide bonds. The maximum Gasteiger partial charge on any atom is 0.235 e. The van der Waals surface area contributed by atoms with Gasteiger partial charge in [-0.1, -0.05) is 54.1 Å². The molecule has 2 rings (SSSR count). The van der Waals surface area contributed by atoms with E-state index in [9.17, 15) is 13.2 Å². The second-order valence-corrected chi connectivity index (χ2v) is 8.65. The van der Waals surface area contributed by atoms with Crippen molar-refractivity contribution < 1.29 is 13.2 Å². The molecule has 0 fully saturated rings. The summed E-state index contributed by atoms with van der Waals surface area (Å²) in [5.74, 6) is -0.321. The number of amides is 1. The molecule has 0 unspecified atom stereocenters. The predicted octanol–water partition coefficient (Wildman–Crippen LogP) is 2.94. The monoisotopic (exact) mass is 374 g/mol. The van der Waals surface area contributed by atoms with Gasteiger partial charge < -0.3 is 5.32 Å². The van der Waals surface area contributed by atoms with Crippen LogP contribution in [0.5, 0.6) is 0 Å². The lowest BCUT2D eigenvalue weighted by Gasteiger charge is -2.22. The van der Waals surface area contributed by atoms with E-state index in [2.05, 4.69) is 11.4 Å². The number of carbonyl (C=O) groups excluding carboxylic acids is 1. The molecule has 1 N–H and O–H groups in total. The van der Waals surface area contributed by atoms with Crippen molar-refractivity contribution in [2.45, 2.75) is 33.4 Å². The summed E-state index contributed by atoms with van der Waals surface area (Å²) in [4.78, 5) is 12.4. The number of aryl methyl sites for hydroxylation is 2. The minimum atomic E-state index is -3.50. The zero-order valence-corrected chi connectivity index (χ0v) is 16.5. The van der Waals surface area contributed by atoms with Gasteiger partial charge >= 0.3 is 0 Å². The van der Waals surface area contributed by atoms with Crippen molar-refractivity contribution >= 4 is 15.9 Å². The van der Waals surface area contributed by atoms with Gasteiger partial charge in [-0.05, 0) is 37.5 Å². The minimum absolute atomic E-state index is 0.172. The van der Waals surface area contributed by atoms with E-state index in [0.29, 0.717) is 0 Å². The van der Waals surface area contributed by atoms with E-state index in [-0.39, 0.29) is 25.0 Å². The molecule has 0 bridgehead atoms. The molecule has 0 radical (unpaired) electrons. The quantitative estimate of drug-likeness (QED) is 0.810. The number of carbonyl (C=O) groups is 1. The number of nitrogens with zero attached hydrogens (tertiary/aromatic N) is 1. The average Bonchev–Trinajstić information content (AvgIpc) is 2.54. The number of hydrogen-bond donors (Lipinski definition) is 1. The van der Waals surface area contributed by atoms with Crippen LogP contribution in [-0.4, -0.2) is 31.4 Å². The molecule has 2 aromatic rings. The number of hydrogen-bond acceptors (Lipinski definition) is 3. The molecule has 0 heterocycles. The Balaban J connectivity index is 2.07. The minimum Gasteiger partial charge on any atom is -0.348 e. The van der Waals surface area contributed by atoms with Crippen LogP contribution in [0.3, 0.4) is 0 Å². The Morgan fingerprint density at radius 3 is 2.35 bits per heavy atom. The molecule has 0 aliphatic carbocycles. The molecular weight excluding hydrogens is 348 g/mol. The molecule has 0 aliphatic rings. The summed E-state index contributed by atoms with van der Waals surface area (Å²) < 4.78 is 25.3. The molecule has 0 aliphatic heterocycles. The molecular formula is C20H26N2O3S. The van der Waals surface area contributed by atoms with Crippen molar-refractivity contribution in [1.29, 1.82) is 0 Å². The van der Waals surface area contributed by atoms with Gasteiger partial charge in [-0.3, -0.25) is 4.79 Å². The Kier molecular flexibility index (Phi) is 6.56. The number of sulfonamides is 1. The van der Waals surface area contributed by atoms with E-state index in [1.807, 2.05) is 63.2 Å². The second kappa shape index (κ2) is 8.47. The number of nitrogens with one attached hydrogen (secondary N) is 1. The van der Waals surface area contributed by atoms with Crippen molar-refractivity contribution in [1.82, 2.24) is 9.62 Å². The Hall–Kier alpha value is -2.18. The van der Waals surface area contributed by atoms with E-state index >= 15 is 0 Å². The van der Waals surface area contributed by atoms with Crippen molar-refractivity contribution in [3.63, 3.8) is 0 Å². The zero-order chi connectivity index (χ0) is 19.3. The molecule has 5 nitrogen and oxygen atoms in total. The molecule has 140 valence electrons. The topological polar surface area (TPSA) is 66.5 Å². The van der Waals surface area contributed by atoms with Gasteiger partial charge in [0.1, 0.15) is 0 Å². The Labute approximate surface area is 156 Å². The summed E-state index contributed by atoms with van der Waals surface area (Å²) in [6.45, 7) is 5.89. The second-order valence-electron chi connectivity index (χ2n) is 6.67. The fraction of sp³-hybridized carbons (Fsp3) is 0.350. The maximum atomic E-state index is 12.4. The Morgan fingerprint density at radius 1 is 1.12 bits per heavy atom. The summed E-state index contributed by atoms with van der Waals surface area (Å²) in [5.41, 5.74) is 4.13. The van der Waals surface area contributed by atoms with Gasteiger partial charge in [-0.25, -0.2) is 8.42 Å². The van der Waals surface area contributed by atoms with Crippen molar-refractivity contribution in [3.05, 3.63) is 70.8 Å². The van der Waals surface area contributed by atoms with Crippen LogP contribution in [0.15, 0.2) is 48.5 Å². The van der Waals surface area contributed by atoms with Gasteiger partial charge in [0.25, 0.3) is 0 Å². The first-order valence-electron chi connectivity index (χ1n) is 8.52. The summed E-state index contributed by atoms with van der Waals surface area (Å²) in [5, 5.41) is 2.90. The zero-order valence-electron chi connectivity index (χ0n) is 15.7. The van der Waals surface area contributed by atoms with Gasteiger partial charge in [0.15, 0.2) is 0 Å². The third-order valence-electron chi connectivity index (χ3n) is 4.26. The van der Waals surface area contributed by atoms with Gasteiger partial charge in [0.2, 0.25) is 15.9 Å². The molecule has 0 saturated carbocycles. The molecule has 1 atom stereocenters. The molecule has 0 aromatic heterocycles. The molecule has 2 aromatic carbocycles. The number of benzene rings is 2. The van der Waals surface area contributed by atoms with Gasteiger partial charge in [0, 0.05) is 6.54 Å². The van der Waals surface area contributed by atoms with Crippen LogP contribution in [0.2, 0.25) is 0 Å². The van der Waals surface area contributed by atoms with Crippen LogP contribution < -0.4 is 5.32 Å². The summed E-state index contributed by atoms with van der Waals surface area (Å²) >= 11 is 0. The lowest BCUT2D eigenvalue weighted by atomic mass is 10.0. The van der Waals surface area contributed by atoms with Crippen LogP contribution in [0, 0.1) is 13.8 Å². The highest BCUT2D eigenvalue weighted by Crippen LogP contribution is 2.18. The highest BCUT2D eigenvalue weighted by molar-refractivity contribution is 7.88. The first kappa shape index (κ1) is 20.1. The first-order chi connectivity index (χ1) is 12.2. The summed E-state index contributed by atoms with van der Waals surface area (Å²) in [6, 6.07) is 15.1. The lowest BCUT2D eigenvalue weighted by molar-refractivity contribution is -0.122. The highest BCUT2D eigenvalue weighted by atomic mass is 32.2. The SMILES string of the molecule is Cc1ccc([C@H](C)NC(=O)CN(Cc2ccccc2)S(C)(=O)=O)c(C)c1. The number of rotatable bonds is 7. The standard InChI is InChI=1S/C20H26N2O3S/c1-15-10-11-19(16(2)12-15)17(3)21-20(23)14-22(26(4,24)25)13-18-8-6-5-7-9-18/h5-12,17H,13-14H2,1-4H3,(H,21,23)/t17-/m0/s1. The van der Waals surface area contributed by atoms with Gasteiger partial charge in [-0.2, -0.15) is 4.31 Å². The molecule has 6 heteroatoms. The predicted molar refractivity (Wildman–Crippen MR) is 104 cm³/mol. The Morgan fingerprint density at radius 2 is 1.77 bits per heavy atom. The van der Waals surface area contributed by atoms with E-state index < -0.39 is 10.0 Å². The molecule has 0 spiro atoms. The molecule has 26 heavy (non-hydrogen) atoms. The van der Waals surface area contributed by atoms with E-state index in [0.717, 1.165) is 28.5 Å². The smallest absolute Gasteiger partial charge is 0.235 e. The third-order valence-corrected chi connectivity index (χ3v) is 5.46. The largest absolute Gasteiger partial charge is 0.348 e. The highest BCUT2D eigenvalue weighted by Gasteiger charge is 2.22. The van der Waals surface area contributed by atoms with E-state index in [4.69, 9.17) is 0 Å². The van der Waals surface area contributed by atoms with Crippen LogP contribution in [0.4, 0.5) is 0 Å². The van der Waals surface area contributed by atoms with Crippen LogP contribution >= 0.6 is 0 Å². The first-order valence-corrected chi connectivity index (χ1v) is 10.4. The normalized spacial score (nSPS) is 12.8. The van der Waals surface area contributed by atoms with E-state index in [1.54, 1.807) is 0 Å². The Bertz CT molecular complexity index is 864. The third kappa shape index (κ3) is 5.68. The summed E-state index contributed by atoms with van der Waals surface area (Å²) in [7, 11) is -3.50. The fourth-order valence-corrected chi connectivity index (χ4v) is 3.65. The maximum absolute atomic E-state index is 12.4. The lowest BCUT2D eigenvalue weighted by Crippen LogP contribution is -2.40. The van der Waals surface area contributed by atoms with Crippen LogP contribution in [-0.2, 0) is 21.4 Å². The average molecular weight is 375 g/mol. The van der Waals surface area contributed by atoms with Gasteiger partial charge in [-0.15, -0.1) is 0 Å². The van der Waals surface area contributed by atoms with Crippen LogP contribution in [0.25, 0.3) is 0 Å². The van der Waals surface area contributed by atoms with Gasteiger partial charge in [0.05, 0.1) is 18.8 Å².